The lowest BCUT2D eigenvalue weighted by atomic mass is 9.98. The Bertz CT molecular complexity index is 670. The van der Waals surface area contributed by atoms with Gasteiger partial charge in [-0.1, -0.05) is 13.8 Å². The van der Waals surface area contributed by atoms with Gasteiger partial charge in [0, 0.05) is 11.6 Å². The summed E-state index contributed by atoms with van der Waals surface area (Å²) in [6.45, 7) is 4.03. The van der Waals surface area contributed by atoms with E-state index in [0.29, 0.717) is 5.52 Å². The summed E-state index contributed by atoms with van der Waals surface area (Å²) < 4.78 is 6.23. The van der Waals surface area contributed by atoms with Gasteiger partial charge < -0.3 is 14.4 Å². The van der Waals surface area contributed by atoms with E-state index < -0.39 is 11.9 Å². The third-order valence-corrected chi connectivity index (χ3v) is 3.31. The summed E-state index contributed by atoms with van der Waals surface area (Å²) in [5.74, 6) is -1.17. The second-order valence-corrected chi connectivity index (χ2v) is 4.99. The number of aromatic carboxylic acids is 1. The fraction of sp³-hybridized carbons (Fsp3) is 0.333. The van der Waals surface area contributed by atoms with Crippen LogP contribution in [0, 0.1) is 0 Å². The predicted octanol–water partition coefficient (Wildman–Crippen LogP) is 2.64. The van der Waals surface area contributed by atoms with E-state index in [1.807, 2.05) is 26.0 Å². The second-order valence-electron chi connectivity index (χ2n) is 4.99. The zero-order valence-electron chi connectivity index (χ0n) is 11.7. The molecule has 0 atom stereocenters. The van der Waals surface area contributed by atoms with Crippen LogP contribution in [0.5, 0.6) is 0 Å². The highest BCUT2D eigenvalue weighted by Crippen LogP contribution is 2.26. The number of rotatable bonds is 4. The number of ether oxygens (including phenoxy) is 1. The van der Waals surface area contributed by atoms with Gasteiger partial charge in [-0.15, -0.1) is 0 Å². The van der Waals surface area contributed by atoms with Crippen LogP contribution in [0.25, 0.3) is 10.9 Å². The molecule has 0 bridgehead atoms. The highest BCUT2D eigenvalue weighted by atomic mass is 16.5. The number of methoxy groups -OCH3 is 1. The molecule has 20 heavy (non-hydrogen) atoms. The molecular formula is C15H17NO4. The Morgan fingerprint density at radius 2 is 2.05 bits per heavy atom. The predicted molar refractivity (Wildman–Crippen MR) is 75.0 cm³/mol. The summed E-state index contributed by atoms with van der Waals surface area (Å²) in [5, 5.41) is 10.2. The lowest BCUT2D eigenvalue weighted by Gasteiger charge is -2.10. The molecule has 1 aromatic heterocycles. The van der Waals surface area contributed by atoms with E-state index in [2.05, 4.69) is 4.74 Å². The van der Waals surface area contributed by atoms with Gasteiger partial charge in [0.05, 0.1) is 18.2 Å². The largest absolute Gasteiger partial charge is 0.478 e. The van der Waals surface area contributed by atoms with Gasteiger partial charge in [-0.3, -0.25) is 4.79 Å². The Morgan fingerprint density at radius 3 is 2.60 bits per heavy atom. The Balaban J connectivity index is 2.64. The van der Waals surface area contributed by atoms with E-state index in [1.165, 1.54) is 7.11 Å². The first-order valence-corrected chi connectivity index (χ1v) is 6.37. The van der Waals surface area contributed by atoms with Crippen LogP contribution in [-0.2, 0) is 16.1 Å². The van der Waals surface area contributed by atoms with Crippen LogP contribution < -0.4 is 0 Å². The lowest BCUT2D eigenvalue weighted by Crippen LogP contribution is -2.12. The topological polar surface area (TPSA) is 68.5 Å². The van der Waals surface area contributed by atoms with Gasteiger partial charge in [0.25, 0.3) is 0 Å². The number of fused-ring (bicyclic) bond motifs is 1. The lowest BCUT2D eigenvalue weighted by molar-refractivity contribution is -0.141. The Morgan fingerprint density at radius 1 is 1.35 bits per heavy atom. The summed E-state index contributed by atoms with van der Waals surface area (Å²) in [4.78, 5) is 22.9. The molecule has 0 saturated carbocycles. The van der Waals surface area contributed by atoms with E-state index in [1.54, 1.807) is 16.8 Å². The molecule has 0 aliphatic heterocycles. The average molecular weight is 275 g/mol. The van der Waals surface area contributed by atoms with Crippen LogP contribution in [-0.4, -0.2) is 28.7 Å². The van der Waals surface area contributed by atoms with Crippen LogP contribution in [0.1, 0.15) is 35.7 Å². The van der Waals surface area contributed by atoms with Gasteiger partial charge in [0.15, 0.2) is 0 Å². The fourth-order valence-corrected chi connectivity index (χ4v) is 2.20. The molecular weight excluding hydrogens is 258 g/mol. The van der Waals surface area contributed by atoms with Crippen molar-refractivity contribution in [2.45, 2.75) is 26.3 Å². The first-order valence-electron chi connectivity index (χ1n) is 6.37. The second kappa shape index (κ2) is 5.36. The van der Waals surface area contributed by atoms with E-state index in [-0.39, 0.29) is 18.0 Å². The van der Waals surface area contributed by atoms with Gasteiger partial charge >= 0.3 is 11.9 Å². The zero-order valence-corrected chi connectivity index (χ0v) is 11.7. The number of hydrogen-bond acceptors (Lipinski definition) is 3. The highest BCUT2D eigenvalue weighted by molar-refractivity contribution is 6.03. The maximum Gasteiger partial charge on any atom is 0.337 e. The van der Waals surface area contributed by atoms with Crippen molar-refractivity contribution < 1.29 is 19.4 Å². The third kappa shape index (κ3) is 2.52. The summed E-state index contributed by atoms with van der Waals surface area (Å²) in [7, 11) is 1.31. The quantitative estimate of drug-likeness (QED) is 0.871. The molecule has 0 amide bonds. The number of esters is 1. The summed E-state index contributed by atoms with van der Waals surface area (Å²) in [6.07, 6.45) is 1.71. The Kier molecular flexibility index (Phi) is 3.79. The molecule has 2 rings (SSSR count). The molecule has 0 fully saturated rings. The summed E-state index contributed by atoms with van der Waals surface area (Å²) in [6, 6.07) is 5.44. The van der Waals surface area contributed by atoms with Gasteiger partial charge in [-0.25, -0.2) is 4.79 Å². The van der Waals surface area contributed by atoms with Gasteiger partial charge in [-0.05, 0) is 29.7 Å². The maximum absolute atomic E-state index is 11.5. The molecule has 0 aliphatic carbocycles. The minimum Gasteiger partial charge on any atom is -0.478 e. The van der Waals surface area contributed by atoms with Crippen molar-refractivity contribution in [3.8, 4) is 0 Å². The number of aromatic nitrogens is 1. The summed E-state index contributed by atoms with van der Waals surface area (Å²) >= 11 is 0. The van der Waals surface area contributed by atoms with E-state index in [9.17, 15) is 14.7 Å². The highest BCUT2D eigenvalue weighted by Gasteiger charge is 2.17. The van der Waals surface area contributed by atoms with Crippen molar-refractivity contribution >= 4 is 22.8 Å². The monoisotopic (exact) mass is 275 g/mol. The molecule has 0 saturated heterocycles. The molecule has 1 N–H and O–H groups in total. The number of carboxylic acid groups (broad SMARTS) is 1. The van der Waals surface area contributed by atoms with Crippen LogP contribution in [0.3, 0.4) is 0 Å². The van der Waals surface area contributed by atoms with E-state index >= 15 is 0 Å². The van der Waals surface area contributed by atoms with Gasteiger partial charge in [0.1, 0.15) is 6.54 Å². The smallest absolute Gasteiger partial charge is 0.337 e. The molecule has 1 aromatic carbocycles. The standard InChI is InChI=1S/C15H17NO4/c1-9(2)11-6-10-4-5-16(8-13(17)20-3)14(10)12(7-11)15(18)19/h4-7,9H,8H2,1-3H3,(H,18,19). The number of hydrogen-bond donors (Lipinski definition) is 1. The van der Waals surface area contributed by atoms with E-state index in [4.69, 9.17) is 0 Å². The molecule has 0 radical (unpaired) electrons. The van der Waals surface area contributed by atoms with Crippen molar-refractivity contribution in [2.75, 3.05) is 7.11 Å². The number of benzene rings is 1. The van der Waals surface area contributed by atoms with Crippen molar-refractivity contribution in [3.05, 3.63) is 35.5 Å². The fourth-order valence-electron chi connectivity index (χ4n) is 2.20. The van der Waals surface area contributed by atoms with Crippen molar-refractivity contribution in [1.82, 2.24) is 4.57 Å². The minimum atomic E-state index is -0.998. The van der Waals surface area contributed by atoms with Crippen molar-refractivity contribution in [1.29, 1.82) is 0 Å². The third-order valence-electron chi connectivity index (χ3n) is 3.31. The van der Waals surface area contributed by atoms with Crippen LogP contribution in [0.4, 0.5) is 0 Å². The number of carbonyl (C=O) groups excluding carboxylic acids is 1. The minimum absolute atomic E-state index is 0.00129. The summed E-state index contributed by atoms with van der Waals surface area (Å²) in [5.41, 5.74) is 1.72. The SMILES string of the molecule is COC(=O)Cn1ccc2cc(C(C)C)cc(C(=O)O)c21. The molecule has 5 heteroatoms. The Hall–Kier alpha value is -2.30. The first-order chi connectivity index (χ1) is 9.43. The molecule has 106 valence electrons. The van der Waals surface area contributed by atoms with Crippen LogP contribution >= 0.6 is 0 Å². The van der Waals surface area contributed by atoms with Crippen LogP contribution in [0.2, 0.25) is 0 Å². The molecule has 2 aromatic rings. The number of nitrogens with zero attached hydrogens (tertiary/aromatic N) is 1. The van der Waals surface area contributed by atoms with E-state index in [0.717, 1.165) is 10.9 Å². The van der Waals surface area contributed by atoms with Crippen molar-refractivity contribution in [3.63, 3.8) is 0 Å². The molecule has 0 spiro atoms. The Labute approximate surface area is 116 Å². The van der Waals surface area contributed by atoms with Crippen molar-refractivity contribution in [2.24, 2.45) is 0 Å². The normalized spacial score (nSPS) is 11.0. The first kappa shape index (κ1) is 14.1. The number of carboxylic acids is 1. The van der Waals surface area contributed by atoms with Gasteiger partial charge in [-0.2, -0.15) is 0 Å². The average Bonchev–Trinajstić information content (AvgIpc) is 2.80. The molecule has 5 nitrogen and oxygen atoms in total. The van der Waals surface area contributed by atoms with Crippen LogP contribution in [0.15, 0.2) is 24.4 Å². The number of carbonyl (C=O) groups is 2. The maximum atomic E-state index is 11.5. The molecule has 1 heterocycles. The van der Waals surface area contributed by atoms with Gasteiger partial charge in [0.2, 0.25) is 0 Å². The molecule has 0 aliphatic rings. The molecule has 0 unspecified atom stereocenters. The zero-order chi connectivity index (χ0) is 14.9.